The molecular formula is C25H33N9O2. The Morgan fingerprint density at radius 3 is 2.56 bits per heavy atom. The van der Waals surface area contributed by atoms with Gasteiger partial charge in [0, 0.05) is 56.5 Å². The molecule has 11 nitrogen and oxygen atoms in total. The summed E-state index contributed by atoms with van der Waals surface area (Å²) in [5, 5.41) is 2.96. The van der Waals surface area contributed by atoms with Crippen molar-refractivity contribution in [3.63, 3.8) is 0 Å². The van der Waals surface area contributed by atoms with E-state index in [2.05, 4.69) is 55.9 Å². The fraction of sp³-hybridized carbons (Fsp3) is 0.440. The number of ether oxygens (including phenoxy) is 1. The number of anilines is 3. The van der Waals surface area contributed by atoms with Gasteiger partial charge >= 0.3 is 6.03 Å². The number of rotatable bonds is 6. The summed E-state index contributed by atoms with van der Waals surface area (Å²) in [4.78, 5) is 38.6. The molecule has 0 aromatic carbocycles. The minimum Gasteiger partial charge on any atom is -0.483 e. The second kappa shape index (κ2) is 10.7. The highest BCUT2D eigenvalue weighted by molar-refractivity contribution is 5.88. The molecular weight excluding hydrogens is 458 g/mol. The lowest BCUT2D eigenvalue weighted by Crippen LogP contribution is -2.50. The number of nitrogens with two attached hydrogens (primary N) is 1. The summed E-state index contributed by atoms with van der Waals surface area (Å²) in [5.41, 5.74) is 7.11. The Kier molecular flexibility index (Phi) is 7.47. The number of piperazine rings is 1. The highest BCUT2D eigenvalue weighted by Gasteiger charge is 2.25. The fourth-order valence-electron chi connectivity index (χ4n) is 3.79. The van der Waals surface area contributed by atoms with E-state index in [1.165, 1.54) is 0 Å². The first-order valence-electron chi connectivity index (χ1n) is 12.1. The molecule has 0 unspecified atom stereocenters. The molecule has 3 aromatic heterocycles. The second-order valence-electron chi connectivity index (χ2n) is 9.58. The van der Waals surface area contributed by atoms with E-state index in [1.54, 1.807) is 23.4 Å². The predicted octanol–water partition coefficient (Wildman–Crippen LogP) is 3.04. The number of carbonyl (C=O) groups excluding carboxylic acids is 1. The molecule has 0 atom stereocenters. The normalized spacial score (nSPS) is 14.0. The van der Waals surface area contributed by atoms with Crippen LogP contribution < -0.4 is 20.7 Å². The second-order valence-corrected chi connectivity index (χ2v) is 9.58. The molecule has 3 aromatic rings. The minimum absolute atomic E-state index is 0.138. The van der Waals surface area contributed by atoms with Crippen molar-refractivity contribution in [2.45, 2.75) is 46.1 Å². The molecule has 1 fully saturated rings. The van der Waals surface area contributed by atoms with Crippen molar-refractivity contribution >= 4 is 23.6 Å². The number of nitrogens with one attached hydrogen (secondary N) is 1. The van der Waals surface area contributed by atoms with Crippen LogP contribution in [0.2, 0.25) is 0 Å². The first kappa shape index (κ1) is 25.1. The summed E-state index contributed by atoms with van der Waals surface area (Å²) < 4.78 is 5.99. The van der Waals surface area contributed by atoms with Crippen LogP contribution in [0.5, 0.6) is 5.75 Å². The molecule has 1 aliphatic heterocycles. The maximum absolute atomic E-state index is 13.0. The topological polar surface area (TPSA) is 135 Å². The van der Waals surface area contributed by atoms with Crippen LogP contribution in [-0.4, -0.2) is 62.0 Å². The van der Waals surface area contributed by atoms with E-state index >= 15 is 0 Å². The number of nitrogens with zero attached hydrogens (tertiary/aromatic N) is 7. The van der Waals surface area contributed by atoms with Gasteiger partial charge in [-0.25, -0.2) is 29.7 Å². The van der Waals surface area contributed by atoms with E-state index in [9.17, 15) is 4.79 Å². The molecule has 0 bridgehead atoms. The van der Waals surface area contributed by atoms with Crippen LogP contribution in [-0.2, 0) is 18.4 Å². The molecule has 4 rings (SSSR count). The van der Waals surface area contributed by atoms with Crippen molar-refractivity contribution in [1.29, 1.82) is 0 Å². The lowest BCUT2D eigenvalue weighted by Gasteiger charge is -2.35. The van der Waals surface area contributed by atoms with Gasteiger partial charge in [0.15, 0.2) is 11.6 Å². The first-order valence-corrected chi connectivity index (χ1v) is 12.1. The Bertz CT molecular complexity index is 1200. The number of urea groups is 1. The van der Waals surface area contributed by atoms with Crippen LogP contribution in [0, 0.1) is 0 Å². The Hall–Kier alpha value is -4.02. The number of nitrogen functional groups attached to an aromatic ring is 1. The Morgan fingerprint density at radius 2 is 1.86 bits per heavy atom. The van der Waals surface area contributed by atoms with Crippen LogP contribution >= 0.6 is 0 Å². The number of hydrogen-bond donors (Lipinski definition) is 2. The smallest absolute Gasteiger partial charge is 0.323 e. The maximum Gasteiger partial charge on any atom is 0.323 e. The Balaban J connectivity index is 1.38. The molecule has 11 heteroatoms. The van der Waals surface area contributed by atoms with E-state index in [1.807, 2.05) is 25.1 Å². The molecule has 190 valence electrons. The summed E-state index contributed by atoms with van der Waals surface area (Å²) >= 11 is 0. The van der Waals surface area contributed by atoms with Gasteiger partial charge in [0.05, 0.1) is 11.4 Å². The van der Waals surface area contributed by atoms with E-state index in [-0.39, 0.29) is 24.0 Å². The predicted molar refractivity (Wildman–Crippen MR) is 138 cm³/mol. The molecule has 0 radical (unpaired) electrons. The summed E-state index contributed by atoms with van der Waals surface area (Å²) in [7, 11) is 0. The highest BCUT2D eigenvalue weighted by Crippen LogP contribution is 2.27. The van der Waals surface area contributed by atoms with E-state index < -0.39 is 0 Å². The van der Waals surface area contributed by atoms with Gasteiger partial charge < -0.3 is 20.3 Å². The highest BCUT2D eigenvalue weighted by atomic mass is 16.5. The van der Waals surface area contributed by atoms with Crippen LogP contribution in [0.25, 0.3) is 0 Å². The number of carbonyl (C=O) groups is 1. The van der Waals surface area contributed by atoms with Crippen molar-refractivity contribution in [3.05, 3.63) is 53.9 Å². The van der Waals surface area contributed by atoms with Gasteiger partial charge in [-0.3, -0.25) is 5.32 Å². The molecule has 0 aliphatic carbocycles. The minimum atomic E-state index is -0.172. The molecule has 1 aliphatic rings. The molecule has 3 N–H and O–H groups in total. The molecule has 2 amide bonds. The monoisotopic (exact) mass is 491 g/mol. The van der Waals surface area contributed by atoms with Gasteiger partial charge in [0.1, 0.15) is 18.2 Å². The van der Waals surface area contributed by atoms with Gasteiger partial charge in [-0.05, 0) is 18.2 Å². The quantitative estimate of drug-likeness (QED) is 0.533. The molecule has 36 heavy (non-hydrogen) atoms. The fourth-order valence-corrected chi connectivity index (χ4v) is 3.79. The third-order valence-electron chi connectivity index (χ3n) is 5.82. The van der Waals surface area contributed by atoms with Crippen LogP contribution in [0.4, 0.5) is 22.4 Å². The number of aromatic nitrogens is 5. The van der Waals surface area contributed by atoms with Crippen molar-refractivity contribution in [1.82, 2.24) is 29.8 Å². The molecule has 0 spiro atoms. The van der Waals surface area contributed by atoms with Crippen molar-refractivity contribution < 1.29 is 9.53 Å². The lowest BCUT2D eigenvalue weighted by molar-refractivity contribution is 0.207. The lowest BCUT2D eigenvalue weighted by atomic mass is 9.92. The van der Waals surface area contributed by atoms with Crippen molar-refractivity contribution in [2.24, 2.45) is 0 Å². The van der Waals surface area contributed by atoms with Gasteiger partial charge in [-0.15, -0.1) is 0 Å². The van der Waals surface area contributed by atoms with Crippen LogP contribution in [0.15, 0.2) is 36.7 Å². The molecule has 4 heterocycles. The van der Waals surface area contributed by atoms with Gasteiger partial charge in [0.25, 0.3) is 0 Å². The summed E-state index contributed by atoms with van der Waals surface area (Å²) in [6, 6.07) is 7.15. The zero-order valence-electron chi connectivity index (χ0n) is 21.2. The standard InChI is InChI=1S/C25H33N9O2/c1-5-20-30-19(25(2,3)4)15-21(31-20)32-24(35)34-13-11-33(12-14-34)22-18(7-6-9-27-22)36-16-17-8-10-28-23(26)29-17/h6-10,15H,5,11-14,16H2,1-4H3,(H2,26,28,29)(H,30,31,32,35). The van der Waals surface area contributed by atoms with Gasteiger partial charge in [-0.2, -0.15) is 0 Å². The van der Waals surface area contributed by atoms with Gasteiger partial charge in [-0.1, -0.05) is 27.7 Å². The first-order chi connectivity index (χ1) is 17.2. The number of pyridine rings is 1. The van der Waals surface area contributed by atoms with Crippen LogP contribution in [0.1, 0.15) is 44.9 Å². The zero-order chi connectivity index (χ0) is 25.7. The molecule has 1 saturated heterocycles. The zero-order valence-corrected chi connectivity index (χ0v) is 21.2. The summed E-state index contributed by atoms with van der Waals surface area (Å²) in [5.74, 6) is 2.84. The van der Waals surface area contributed by atoms with Crippen molar-refractivity contribution in [2.75, 3.05) is 42.1 Å². The van der Waals surface area contributed by atoms with E-state index in [4.69, 9.17) is 10.5 Å². The maximum atomic E-state index is 13.0. The number of hydrogen-bond acceptors (Lipinski definition) is 9. The average Bonchev–Trinajstić information content (AvgIpc) is 2.87. The average molecular weight is 492 g/mol. The van der Waals surface area contributed by atoms with Crippen LogP contribution in [0.3, 0.4) is 0 Å². The number of amides is 2. The Labute approximate surface area is 211 Å². The van der Waals surface area contributed by atoms with Crippen molar-refractivity contribution in [3.8, 4) is 5.75 Å². The summed E-state index contributed by atoms with van der Waals surface area (Å²) in [6.45, 7) is 10.9. The third-order valence-corrected chi connectivity index (χ3v) is 5.82. The van der Waals surface area contributed by atoms with E-state index in [0.717, 1.165) is 17.3 Å². The van der Waals surface area contributed by atoms with E-state index in [0.29, 0.717) is 49.9 Å². The summed E-state index contributed by atoms with van der Waals surface area (Å²) in [6.07, 6.45) is 4.03. The SMILES string of the molecule is CCc1nc(NC(=O)N2CCN(c3ncccc3OCc3ccnc(N)n3)CC2)cc(C(C)(C)C)n1. The largest absolute Gasteiger partial charge is 0.483 e. The third kappa shape index (κ3) is 6.15. The Morgan fingerprint density at radius 1 is 1.08 bits per heavy atom. The number of aryl methyl sites for hydroxylation is 1. The molecule has 0 saturated carbocycles. The van der Waals surface area contributed by atoms with Gasteiger partial charge in [0.2, 0.25) is 5.95 Å².